The minimum absolute atomic E-state index is 0.00531. The second kappa shape index (κ2) is 8.05. The first kappa shape index (κ1) is 14.9. The molecule has 1 amide bonds. The lowest BCUT2D eigenvalue weighted by Gasteiger charge is -2.24. The van der Waals surface area contributed by atoms with Crippen molar-refractivity contribution >= 4 is 11.9 Å². The van der Waals surface area contributed by atoms with Crippen molar-refractivity contribution in [3.05, 3.63) is 0 Å². The molecule has 0 spiro atoms. The molecule has 1 aliphatic heterocycles. The van der Waals surface area contributed by atoms with Crippen LogP contribution in [0, 0.1) is 0 Å². The Hall–Kier alpha value is -1.14. The number of likely N-dealkylation sites (N-methyl/N-ethyl adjacent to an activating group) is 1. The quantitative estimate of drug-likeness (QED) is 0.667. The molecule has 0 unspecified atom stereocenters. The van der Waals surface area contributed by atoms with Crippen LogP contribution in [0.25, 0.3) is 0 Å². The molecular weight excluding hydrogens is 236 g/mol. The lowest BCUT2D eigenvalue weighted by atomic mass is 10.1. The van der Waals surface area contributed by atoms with Crippen LogP contribution in [0.3, 0.4) is 0 Å². The largest absolute Gasteiger partial charge is 0.469 e. The summed E-state index contributed by atoms with van der Waals surface area (Å²) in [6, 6.07) is 0.222. The van der Waals surface area contributed by atoms with E-state index in [1.807, 2.05) is 11.9 Å². The highest BCUT2D eigenvalue weighted by atomic mass is 16.5. The van der Waals surface area contributed by atoms with Gasteiger partial charge in [-0.15, -0.1) is 0 Å². The monoisotopic (exact) mass is 258 g/mol. The number of rotatable bonds is 6. The molecule has 0 aromatic rings. The minimum atomic E-state index is -0.258. The van der Waals surface area contributed by atoms with Gasteiger partial charge in [0, 0.05) is 25.8 Å². The van der Waals surface area contributed by atoms with E-state index in [9.17, 15) is 9.59 Å². The Balaban J connectivity index is 2.16. The van der Waals surface area contributed by atoms with Gasteiger partial charge < -0.3 is 14.8 Å². The molecule has 0 bridgehead atoms. The summed E-state index contributed by atoms with van der Waals surface area (Å²) >= 11 is 0. The third-order valence-corrected chi connectivity index (χ3v) is 2.93. The van der Waals surface area contributed by atoms with Crippen LogP contribution in [-0.4, -0.2) is 63.3 Å². The van der Waals surface area contributed by atoms with Crippen LogP contribution in [0.2, 0.25) is 0 Å². The summed E-state index contributed by atoms with van der Waals surface area (Å²) in [5, 5.41) is 2.97. The number of carbonyl (C=O) groups is 2. The fraction of sp³-hybridized carbons (Fsp3) is 0.833. The van der Waals surface area contributed by atoms with E-state index in [1.54, 1.807) is 0 Å². The summed E-state index contributed by atoms with van der Waals surface area (Å²) in [5.74, 6) is -0.263. The van der Waals surface area contributed by atoms with Crippen molar-refractivity contribution in [2.45, 2.75) is 25.3 Å². The third kappa shape index (κ3) is 5.97. The first-order chi connectivity index (χ1) is 8.61. The molecule has 0 radical (unpaired) electrons. The Morgan fingerprint density at radius 3 is 2.67 bits per heavy atom. The first-order valence-electron chi connectivity index (χ1n) is 6.24. The van der Waals surface area contributed by atoms with E-state index in [-0.39, 0.29) is 17.9 Å². The molecule has 1 rings (SSSR count). The number of methoxy groups -OCH3 is 1. The zero-order chi connectivity index (χ0) is 13.4. The van der Waals surface area contributed by atoms with Crippen molar-refractivity contribution in [1.29, 1.82) is 0 Å². The highest BCUT2D eigenvalue weighted by Crippen LogP contribution is 2.05. The Labute approximate surface area is 108 Å². The molecule has 0 aliphatic carbocycles. The number of nitrogens with zero attached hydrogens (tertiary/aromatic N) is 1. The topological polar surface area (TPSA) is 67.9 Å². The Morgan fingerprint density at radius 1 is 1.39 bits per heavy atom. The Bertz CT molecular complexity index is 277. The van der Waals surface area contributed by atoms with Gasteiger partial charge in [0.05, 0.1) is 20.1 Å². The number of esters is 1. The average Bonchev–Trinajstić information content (AvgIpc) is 2.37. The van der Waals surface area contributed by atoms with Gasteiger partial charge in [0.2, 0.25) is 5.91 Å². The molecule has 1 aliphatic rings. The van der Waals surface area contributed by atoms with Crippen LogP contribution in [0.15, 0.2) is 0 Å². The molecule has 1 N–H and O–H groups in total. The fourth-order valence-electron chi connectivity index (χ4n) is 1.82. The highest BCUT2D eigenvalue weighted by Gasteiger charge is 2.17. The second-order valence-corrected chi connectivity index (χ2v) is 4.52. The number of amides is 1. The molecule has 1 saturated heterocycles. The van der Waals surface area contributed by atoms with Crippen molar-refractivity contribution in [3.63, 3.8) is 0 Å². The van der Waals surface area contributed by atoms with Gasteiger partial charge in [0.1, 0.15) is 0 Å². The molecule has 6 nitrogen and oxygen atoms in total. The van der Waals surface area contributed by atoms with Crippen molar-refractivity contribution < 1.29 is 19.1 Å². The summed E-state index contributed by atoms with van der Waals surface area (Å²) in [6.45, 7) is 2.24. The second-order valence-electron chi connectivity index (χ2n) is 4.52. The van der Waals surface area contributed by atoms with E-state index >= 15 is 0 Å². The van der Waals surface area contributed by atoms with Gasteiger partial charge in [0.25, 0.3) is 0 Å². The smallest absolute Gasteiger partial charge is 0.306 e. The molecule has 1 heterocycles. The highest BCUT2D eigenvalue weighted by molar-refractivity contribution is 5.78. The summed E-state index contributed by atoms with van der Waals surface area (Å²) < 4.78 is 9.77. The number of hydrogen-bond donors (Lipinski definition) is 1. The number of hydrogen-bond acceptors (Lipinski definition) is 5. The molecule has 6 heteroatoms. The van der Waals surface area contributed by atoms with Crippen molar-refractivity contribution in [2.75, 3.05) is 40.5 Å². The molecule has 0 atom stereocenters. The predicted molar refractivity (Wildman–Crippen MR) is 66.1 cm³/mol. The van der Waals surface area contributed by atoms with E-state index in [0.717, 1.165) is 12.8 Å². The SMILES string of the molecule is COC(=O)CCN(C)CC(=O)NC1CCOCC1. The van der Waals surface area contributed by atoms with Crippen LogP contribution in [0.1, 0.15) is 19.3 Å². The standard InChI is InChI=1S/C12H22N2O4/c1-14(6-3-12(16)17-2)9-11(15)13-10-4-7-18-8-5-10/h10H,3-9H2,1-2H3,(H,13,15). The molecule has 0 aromatic heterocycles. The maximum atomic E-state index is 11.7. The van der Waals surface area contributed by atoms with Gasteiger partial charge in [-0.05, 0) is 19.9 Å². The summed E-state index contributed by atoms with van der Waals surface area (Å²) in [7, 11) is 3.17. The lowest BCUT2D eigenvalue weighted by molar-refractivity contribution is -0.141. The third-order valence-electron chi connectivity index (χ3n) is 2.93. The van der Waals surface area contributed by atoms with Gasteiger partial charge in [0.15, 0.2) is 0 Å². The minimum Gasteiger partial charge on any atom is -0.469 e. The first-order valence-corrected chi connectivity index (χ1v) is 6.24. The molecule has 0 aromatic carbocycles. The van der Waals surface area contributed by atoms with E-state index < -0.39 is 0 Å². The van der Waals surface area contributed by atoms with Crippen molar-refractivity contribution in [2.24, 2.45) is 0 Å². The zero-order valence-electron chi connectivity index (χ0n) is 11.1. The molecule has 104 valence electrons. The maximum Gasteiger partial charge on any atom is 0.306 e. The number of carbonyl (C=O) groups excluding carboxylic acids is 2. The summed E-state index contributed by atoms with van der Waals surface area (Å²) in [4.78, 5) is 24.5. The van der Waals surface area contributed by atoms with E-state index in [4.69, 9.17) is 4.74 Å². The van der Waals surface area contributed by atoms with Gasteiger partial charge in [-0.25, -0.2) is 0 Å². The predicted octanol–water partition coefficient (Wildman–Crippen LogP) is -0.223. The van der Waals surface area contributed by atoms with Crippen molar-refractivity contribution in [3.8, 4) is 0 Å². The van der Waals surface area contributed by atoms with Crippen LogP contribution in [0.4, 0.5) is 0 Å². The molecular formula is C12H22N2O4. The van der Waals surface area contributed by atoms with Crippen LogP contribution in [-0.2, 0) is 19.1 Å². The Kier molecular flexibility index (Phi) is 6.67. The van der Waals surface area contributed by atoms with E-state index in [2.05, 4.69) is 10.1 Å². The summed E-state index contributed by atoms with van der Waals surface area (Å²) in [5.41, 5.74) is 0. The van der Waals surface area contributed by atoms with Crippen LogP contribution >= 0.6 is 0 Å². The number of ether oxygens (including phenoxy) is 2. The normalized spacial score (nSPS) is 16.6. The van der Waals surface area contributed by atoms with Gasteiger partial charge in [-0.3, -0.25) is 14.5 Å². The molecule has 18 heavy (non-hydrogen) atoms. The molecule has 0 saturated carbocycles. The van der Waals surface area contributed by atoms with Gasteiger partial charge >= 0.3 is 5.97 Å². The van der Waals surface area contributed by atoms with Crippen LogP contribution < -0.4 is 5.32 Å². The molecule has 1 fully saturated rings. The summed E-state index contributed by atoms with van der Waals surface area (Å²) in [6.07, 6.45) is 2.05. The lowest BCUT2D eigenvalue weighted by Crippen LogP contribution is -2.43. The van der Waals surface area contributed by atoms with Gasteiger partial charge in [-0.1, -0.05) is 0 Å². The van der Waals surface area contributed by atoms with Crippen molar-refractivity contribution in [1.82, 2.24) is 10.2 Å². The van der Waals surface area contributed by atoms with E-state index in [0.29, 0.717) is 32.7 Å². The Morgan fingerprint density at radius 2 is 2.06 bits per heavy atom. The fourth-order valence-corrected chi connectivity index (χ4v) is 1.82. The zero-order valence-corrected chi connectivity index (χ0v) is 11.1. The van der Waals surface area contributed by atoms with E-state index in [1.165, 1.54) is 7.11 Å². The maximum absolute atomic E-state index is 11.7. The average molecular weight is 258 g/mol. The number of nitrogens with one attached hydrogen (secondary N) is 1. The van der Waals surface area contributed by atoms with Crippen LogP contribution in [0.5, 0.6) is 0 Å². The van der Waals surface area contributed by atoms with Gasteiger partial charge in [-0.2, -0.15) is 0 Å².